The van der Waals surface area contributed by atoms with Crippen molar-refractivity contribution in [3.8, 4) is 0 Å². The number of hydrogen-bond donors (Lipinski definition) is 2. The Bertz CT molecular complexity index is 1110. The van der Waals surface area contributed by atoms with Crippen molar-refractivity contribution in [3.63, 3.8) is 0 Å². The molecular weight excluding hydrogens is 503 g/mol. The van der Waals surface area contributed by atoms with Gasteiger partial charge in [-0.15, -0.1) is 0 Å². The number of aryl methyl sites for hydroxylation is 1. The van der Waals surface area contributed by atoms with E-state index in [-0.39, 0.29) is 29.7 Å². The lowest BCUT2D eigenvalue weighted by Crippen LogP contribution is -2.60. The van der Waals surface area contributed by atoms with Crippen molar-refractivity contribution in [2.24, 2.45) is 5.92 Å². The number of benzene rings is 1. The van der Waals surface area contributed by atoms with E-state index in [1.54, 1.807) is 10.4 Å². The summed E-state index contributed by atoms with van der Waals surface area (Å²) in [7, 11) is -3.22. The highest BCUT2D eigenvalue weighted by Gasteiger charge is 2.51. The van der Waals surface area contributed by atoms with E-state index in [0.717, 1.165) is 82.1 Å². The minimum absolute atomic E-state index is 0.0265. The molecule has 4 atom stereocenters. The number of fused-ring (bicyclic) bond motifs is 1. The van der Waals surface area contributed by atoms with Crippen molar-refractivity contribution >= 4 is 21.6 Å². The second-order valence-corrected chi connectivity index (χ2v) is 14.2. The van der Waals surface area contributed by atoms with Crippen LogP contribution in [0.2, 0.25) is 0 Å². The average molecular weight is 549 g/mol. The first-order valence-electron chi connectivity index (χ1n) is 14.7. The zero-order valence-electron chi connectivity index (χ0n) is 23.3. The summed E-state index contributed by atoms with van der Waals surface area (Å²) in [5.41, 5.74) is 1.66. The number of halogens is 1. The molecule has 7 nitrogen and oxygen atoms in total. The number of anilines is 1. The van der Waals surface area contributed by atoms with Gasteiger partial charge < -0.3 is 10.6 Å². The molecule has 2 N–H and O–H groups in total. The van der Waals surface area contributed by atoms with E-state index in [4.69, 9.17) is 0 Å². The molecule has 0 radical (unpaired) electrons. The predicted octanol–water partition coefficient (Wildman–Crippen LogP) is 4.20. The second-order valence-electron chi connectivity index (χ2n) is 12.2. The Labute approximate surface area is 228 Å². The van der Waals surface area contributed by atoms with Gasteiger partial charge in [0.15, 0.2) is 0 Å². The van der Waals surface area contributed by atoms with Gasteiger partial charge in [0.25, 0.3) is 0 Å². The number of carbonyl (C=O) groups excluding carboxylic acids is 1. The van der Waals surface area contributed by atoms with E-state index in [0.29, 0.717) is 24.6 Å². The first-order chi connectivity index (χ1) is 18.1. The maximum atomic E-state index is 14.9. The molecule has 212 valence electrons. The third kappa shape index (κ3) is 5.35. The molecule has 3 fully saturated rings. The highest BCUT2D eigenvalue weighted by molar-refractivity contribution is 7.88. The minimum atomic E-state index is -3.22. The Morgan fingerprint density at radius 1 is 1.16 bits per heavy atom. The van der Waals surface area contributed by atoms with Crippen LogP contribution < -0.4 is 10.6 Å². The summed E-state index contributed by atoms with van der Waals surface area (Å²) in [6.07, 6.45) is 11.9. The molecule has 1 aromatic rings. The standard InChI is InChI=1S/C29H45FN4O3S/c1-4-34(38(3,36)37)24-15-16-33(19-24)23-12-8-11-22(17-23)31-28(35)29(21-9-6-5-7-10-21)18-25-26(30)14-13-20(2)27(25)32-29/h13-14,21-24,32H,4-12,15-19H2,1-3H3,(H,31,35)/t22-,23+,24-,29?/m1/s1. The SMILES string of the molecule is CCN([C@@H]1CCN([C@H]2CCC[C@@H](NC(=O)C3(C4CCCCC4)Cc4c(F)ccc(C)c4N3)C2)C1)S(C)(=O)=O. The van der Waals surface area contributed by atoms with Crippen LogP contribution in [0.1, 0.15) is 82.3 Å². The fourth-order valence-electron chi connectivity index (χ4n) is 7.84. The number of nitrogens with one attached hydrogen (secondary N) is 2. The van der Waals surface area contributed by atoms with Gasteiger partial charge in [0.2, 0.25) is 15.9 Å². The molecule has 4 aliphatic rings. The molecule has 2 aliphatic carbocycles. The van der Waals surface area contributed by atoms with E-state index >= 15 is 0 Å². The number of nitrogens with zero attached hydrogens (tertiary/aromatic N) is 2. The Balaban J connectivity index is 1.29. The summed E-state index contributed by atoms with van der Waals surface area (Å²) in [6.45, 7) is 6.04. The van der Waals surface area contributed by atoms with E-state index in [2.05, 4.69) is 15.5 Å². The first-order valence-corrected chi connectivity index (χ1v) is 16.5. The molecule has 38 heavy (non-hydrogen) atoms. The van der Waals surface area contributed by atoms with Gasteiger partial charge in [-0.3, -0.25) is 9.69 Å². The second kappa shape index (κ2) is 11.0. The van der Waals surface area contributed by atoms with Crippen molar-refractivity contribution in [2.45, 2.75) is 108 Å². The zero-order chi connectivity index (χ0) is 27.1. The summed E-state index contributed by atoms with van der Waals surface area (Å²) in [5.74, 6) is -0.00380. The molecule has 1 unspecified atom stereocenters. The highest BCUT2D eigenvalue weighted by atomic mass is 32.2. The Kier molecular flexibility index (Phi) is 8.09. The Hall–Kier alpha value is -1.71. The van der Waals surface area contributed by atoms with Crippen LogP contribution in [0, 0.1) is 18.7 Å². The smallest absolute Gasteiger partial charge is 0.246 e. The van der Waals surface area contributed by atoms with E-state index < -0.39 is 15.6 Å². The summed E-state index contributed by atoms with van der Waals surface area (Å²) >= 11 is 0. The lowest BCUT2D eigenvalue weighted by Gasteiger charge is -2.42. The van der Waals surface area contributed by atoms with Crippen LogP contribution in [-0.2, 0) is 21.2 Å². The van der Waals surface area contributed by atoms with Crippen molar-refractivity contribution in [2.75, 3.05) is 31.2 Å². The maximum Gasteiger partial charge on any atom is 0.246 e. The van der Waals surface area contributed by atoms with Crippen molar-refractivity contribution in [1.29, 1.82) is 0 Å². The van der Waals surface area contributed by atoms with Crippen molar-refractivity contribution in [1.82, 2.24) is 14.5 Å². The lowest BCUT2D eigenvalue weighted by molar-refractivity contribution is -0.128. The van der Waals surface area contributed by atoms with E-state index in [9.17, 15) is 17.6 Å². The summed E-state index contributed by atoms with van der Waals surface area (Å²) < 4.78 is 41.0. The zero-order valence-corrected chi connectivity index (χ0v) is 24.1. The Morgan fingerprint density at radius 2 is 1.92 bits per heavy atom. The van der Waals surface area contributed by atoms with Crippen LogP contribution in [0.25, 0.3) is 0 Å². The number of likely N-dealkylation sites (N-methyl/N-ethyl adjacent to an activating group) is 1. The molecular formula is C29H45FN4O3S. The molecule has 1 saturated heterocycles. The summed E-state index contributed by atoms with van der Waals surface area (Å²) in [4.78, 5) is 16.6. The van der Waals surface area contributed by atoms with Gasteiger partial charge >= 0.3 is 0 Å². The third-order valence-electron chi connectivity index (χ3n) is 9.81. The molecule has 0 bridgehead atoms. The van der Waals surface area contributed by atoms with E-state index in [1.165, 1.54) is 18.7 Å². The molecule has 9 heteroatoms. The topological polar surface area (TPSA) is 81.8 Å². The number of amides is 1. The average Bonchev–Trinajstić information content (AvgIpc) is 3.54. The van der Waals surface area contributed by atoms with Crippen LogP contribution in [0.4, 0.5) is 10.1 Å². The minimum Gasteiger partial charge on any atom is -0.370 e. The van der Waals surface area contributed by atoms with Gasteiger partial charge in [-0.2, -0.15) is 4.31 Å². The van der Waals surface area contributed by atoms with Gasteiger partial charge in [-0.25, -0.2) is 12.8 Å². The molecule has 1 aromatic carbocycles. The molecule has 0 aromatic heterocycles. The quantitative estimate of drug-likeness (QED) is 0.534. The molecule has 2 saturated carbocycles. The Morgan fingerprint density at radius 3 is 2.61 bits per heavy atom. The van der Waals surface area contributed by atoms with Crippen LogP contribution in [-0.4, -0.2) is 73.1 Å². The largest absolute Gasteiger partial charge is 0.370 e. The van der Waals surface area contributed by atoms with Crippen LogP contribution in [0.3, 0.4) is 0 Å². The van der Waals surface area contributed by atoms with Gasteiger partial charge in [0.1, 0.15) is 11.4 Å². The summed E-state index contributed by atoms with van der Waals surface area (Å²) in [5, 5.41) is 7.04. The van der Waals surface area contributed by atoms with E-state index in [1.807, 2.05) is 13.8 Å². The molecule has 2 aliphatic heterocycles. The third-order valence-corrected chi connectivity index (χ3v) is 11.2. The normalized spacial score (nSPS) is 30.8. The predicted molar refractivity (Wildman–Crippen MR) is 149 cm³/mol. The molecule has 0 spiro atoms. The van der Waals surface area contributed by atoms with Crippen LogP contribution in [0.5, 0.6) is 0 Å². The fourth-order valence-corrected chi connectivity index (χ4v) is 9.02. The fraction of sp³-hybridized carbons (Fsp3) is 0.759. The monoisotopic (exact) mass is 548 g/mol. The van der Waals surface area contributed by atoms with Crippen LogP contribution >= 0.6 is 0 Å². The van der Waals surface area contributed by atoms with Crippen molar-refractivity contribution < 1.29 is 17.6 Å². The molecule has 1 amide bonds. The van der Waals surface area contributed by atoms with Gasteiger partial charge in [0, 0.05) is 55.4 Å². The van der Waals surface area contributed by atoms with Crippen molar-refractivity contribution in [3.05, 3.63) is 29.1 Å². The number of carbonyl (C=O) groups is 1. The van der Waals surface area contributed by atoms with Crippen LogP contribution in [0.15, 0.2) is 12.1 Å². The van der Waals surface area contributed by atoms with Gasteiger partial charge in [-0.05, 0) is 69.4 Å². The maximum absolute atomic E-state index is 14.9. The number of rotatable bonds is 7. The molecule has 2 heterocycles. The first kappa shape index (κ1) is 27.8. The number of sulfonamides is 1. The number of likely N-dealkylation sites (tertiary alicyclic amines) is 1. The lowest BCUT2D eigenvalue weighted by atomic mass is 9.72. The van der Waals surface area contributed by atoms with Gasteiger partial charge in [-0.1, -0.05) is 32.3 Å². The molecule has 5 rings (SSSR count). The summed E-state index contributed by atoms with van der Waals surface area (Å²) in [6, 6.07) is 3.78. The highest BCUT2D eigenvalue weighted by Crippen LogP contribution is 2.45. The van der Waals surface area contributed by atoms with Gasteiger partial charge in [0.05, 0.1) is 6.26 Å². The number of hydrogen-bond acceptors (Lipinski definition) is 5.